The monoisotopic (exact) mass is 293 g/mol. The lowest BCUT2D eigenvalue weighted by atomic mass is 9.87. The molecule has 0 saturated heterocycles. The summed E-state index contributed by atoms with van der Waals surface area (Å²) in [5, 5.41) is 4.60. The first kappa shape index (κ1) is 13.3. The molecule has 1 aliphatic carbocycles. The van der Waals surface area contributed by atoms with Crippen molar-refractivity contribution in [2.75, 3.05) is 6.54 Å². The molecule has 4 rings (SSSR count). The quantitative estimate of drug-likeness (QED) is 0.807. The van der Waals surface area contributed by atoms with Crippen molar-refractivity contribution >= 4 is 0 Å². The molecule has 2 aromatic heterocycles. The predicted octanol–water partition coefficient (Wildman–Crippen LogP) is 2.44. The maximum absolute atomic E-state index is 5.91. The molecule has 0 radical (unpaired) electrons. The van der Waals surface area contributed by atoms with Gasteiger partial charge in [0.1, 0.15) is 0 Å². The van der Waals surface area contributed by atoms with Gasteiger partial charge in [-0.05, 0) is 49.4 Å². The van der Waals surface area contributed by atoms with Gasteiger partial charge in [0.25, 0.3) is 0 Å². The van der Waals surface area contributed by atoms with Gasteiger partial charge in [-0.2, -0.15) is 5.10 Å². The van der Waals surface area contributed by atoms with Gasteiger partial charge in [0, 0.05) is 18.1 Å². The molecule has 5 heteroatoms. The average molecular weight is 293 g/mol. The third kappa shape index (κ3) is 2.05. The van der Waals surface area contributed by atoms with Crippen LogP contribution in [0.1, 0.15) is 30.0 Å². The van der Waals surface area contributed by atoms with Crippen molar-refractivity contribution in [1.29, 1.82) is 0 Å². The van der Waals surface area contributed by atoms with Crippen molar-refractivity contribution in [1.82, 2.24) is 19.3 Å². The zero-order chi connectivity index (χ0) is 14.9. The predicted molar refractivity (Wildman–Crippen MR) is 85.4 cm³/mol. The van der Waals surface area contributed by atoms with E-state index < -0.39 is 0 Å². The van der Waals surface area contributed by atoms with E-state index in [1.54, 1.807) is 0 Å². The zero-order valence-electron chi connectivity index (χ0n) is 12.4. The molecule has 2 heterocycles. The van der Waals surface area contributed by atoms with Gasteiger partial charge in [0.05, 0.1) is 11.9 Å². The normalized spacial score (nSPS) is 17.4. The zero-order valence-corrected chi connectivity index (χ0v) is 12.4. The van der Waals surface area contributed by atoms with Gasteiger partial charge in [-0.15, -0.1) is 0 Å². The van der Waals surface area contributed by atoms with Crippen LogP contribution in [0.2, 0.25) is 0 Å². The van der Waals surface area contributed by atoms with Crippen LogP contribution in [0, 0.1) is 0 Å². The lowest BCUT2D eigenvalue weighted by Gasteiger charge is -2.21. The number of aromatic nitrogens is 4. The molecule has 3 aromatic rings. The van der Waals surface area contributed by atoms with E-state index >= 15 is 0 Å². The van der Waals surface area contributed by atoms with Gasteiger partial charge < -0.3 is 5.73 Å². The highest BCUT2D eigenvalue weighted by atomic mass is 15.4. The Balaban J connectivity index is 1.82. The minimum atomic E-state index is 0.428. The van der Waals surface area contributed by atoms with Gasteiger partial charge >= 0.3 is 0 Å². The summed E-state index contributed by atoms with van der Waals surface area (Å²) in [5.41, 5.74) is 9.54. The summed E-state index contributed by atoms with van der Waals surface area (Å²) in [6.07, 6.45) is 9.11. The van der Waals surface area contributed by atoms with Gasteiger partial charge in [-0.25, -0.2) is 9.67 Å². The number of hydrogen-bond donors (Lipinski definition) is 1. The van der Waals surface area contributed by atoms with Crippen LogP contribution in [0.15, 0.2) is 48.9 Å². The molecule has 1 aliphatic rings. The topological polar surface area (TPSA) is 61.7 Å². The number of para-hydroxylation sites is 1. The van der Waals surface area contributed by atoms with Crippen molar-refractivity contribution in [2.45, 2.75) is 25.2 Å². The number of imidazole rings is 1. The smallest absolute Gasteiger partial charge is 0.235 e. The van der Waals surface area contributed by atoms with Gasteiger partial charge in [-0.3, -0.25) is 4.57 Å². The number of nitrogens with zero attached hydrogens (tertiary/aromatic N) is 4. The van der Waals surface area contributed by atoms with Gasteiger partial charge in [-0.1, -0.05) is 18.2 Å². The summed E-state index contributed by atoms with van der Waals surface area (Å²) < 4.78 is 4.05. The van der Waals surface area contributed by atoms with Crippen molar-refractivity contribution in [3.05, 3.63) is 60.2 Å². The Kier molecular flexibility index (Phi) is 3.27. The van der Waals surface area contributed by atoms with Crippen molar-refractivity contribution in [3.8, 4) is 11.6 Å². The van der Waals surface area contributed by atoms with Crippen LogP contribution < -0.4 is 5.73 Å². The summed E-state index contributed by atoms with van der Waals surface area (Å²) in [6.45, 7) is 0.686. The van der Waals surface area contributed by atoms with Crippen molar-refractivity contribution in [2.24, 2.45) is 5.73 Å². The fourth-order valence-corrected chi connectivity index (χ4v) is 3.31. The second-order valence-corrected chi connectivity index (χ2v) is 5.72. The lowest BCUT2D eigenvalue weighted by molar-refractivity contribution is 0.546. The molecule has 0 bridgehead atoms. The van der Waals surface area contributed by atoms with E-state index in [4.69, 9.17) is 5.73 Å². The van der Waals surface area contributed by atoms with E-state index in [0.717, 1.165) is 30.9 Å². The largest absolute Gasteiger partial charge is 0.330 e. The van der Waals surface area contributed by atoms with Gasteiger partial charge in [0.15, 0.2) is 0 Å². The van der Waals surface area contributed by atoms with E-state index in [1.165, 1.54) is 11.3 Å². The molecule has 0 spiro atoms. The fraction of sp³-hybridized carbons (Fsp3) is 0.294. The molecule has 1 atom stereocenters. The molecular weight excluding hydrogens is 274 g/mol. The molecule has 1 unspecified atom stereocenters. The van der Waals surface area contributed by atoms with Crippen LogP contribution in [0.3, 0.4) is 0 Å². The first-order valence-corrected chi connectivity index (χ1v) is 7.74. The number of hydrogen-bond acceptors (Lipinski definition) is 3. The summed E-state index contributed by atoms with van der Waals surface area (Å²) >= 11 is 0. The Labute approximate surface area is 129 Å². The Morgan fingerprint density at radius 2 is 2.09 bits per heavy atom. The Bertz CT molecular complexity index is 771. The molecule has 112 valence electrons. The number of fused-ring (bicyclic) bond motifs is 1. The highest BCUT2D eigenvalue weighted by Gasteiger charge is 2.25. The van der Waals surface area contributed by atoms with Gasteiger partial charge in [0.2, 0.25) is 5.95 Å². The number of nitrogens with two attached hydrogens (primary N) is 1. The minimum absolute atomic E-state index is 0.428. The molecule has 2 N–H and O–H groups in total. The van der Waals surface area contributed by atoms with Crippen LogP contribution in [0.4, 0.5) is 0 Å². The van der Waals surface area contributed by atoms with Crippen LogP contribution >= 0.6 is 0 Å². The maximum atomic E-state index is 5.91. The van der Waals surface area contributed by atoms with E-state index in [2.05, 4.69) is 26.8 Å². The molecule has 0 fully saturated rings. The number of benzene rings is 1. The third-order valence-corrected chi connectivity index (χ3v) is 4.44. The molecule has 5 nitrogen and oxygen atoms in total. The highest BCUT2D eigenvalue weighted by molar-refractivity contribution is 5.38. The Morgan fingerprint density at radius 1 is 1.23 bits per heavy atom. The van der Waals surface area contributed by atoms with Crippen LogP contribution in [0.25, 0.3) is 11.6 Å². The maximum Gasteiger partial charge on any atom is 0.235 e. The summed E-state index contributed by atoms with van der Waals surface area (Å²) in [6, 6.07) is 10.2. The first-order chi connectivity index (χ1) is 10.9. The summed E-state index contributed by atoms with van der Waals surface area (Å²) in [7, 11) is 0. The Morgan fingerprint density at radius 3 is 2.91 bits per heavy atom. The third-order valence-electron chi connectivity index (χ3n) is 4.44. The molecular formula is C17H19N5. The van der Waals surface area contributed by atoms with Crippen LogP contribution in [0.5, 0.6) is 0 Å². The second-order valence-electron chi connectivity index (χ2n) is 5.72. The van der Waals surface area contributed by atoms with Crippen molar-refractivity contribution in [3.63, 3.8) is 0 Å². The van der Waals surface area contributed by atoms with Crippen molar-refractivity contribution < 1.29 is 0 Å². The SMILES string of the molecule is NCC1CCCc2c1cnn2-c1nccn1-c1ccccc1. The lowest BCUT2D eigenvalue weighted by Crippen LogP contribution is -2.19. The number of rotatable bonds is 3. The fourth-order valence-electron chi connectivity index (χ4n) is 3.31. The standard InChI is InChI=1S/C17H19N5/c18-11-13-5-4-8-16-15(13)12-20-22(16)17-19-9-10-21(17)14-6-2-1-3-7-14/h1-3,6-7,9-10,12-13H,4-5,8,11,18H2. The summed E-state index contributed by atoms with van der Waals surface area (Å²) in [5.74, 6) is 1.27. The highest BCUT2D eigenvalue weighted by Crippen LogP contribution is 2.32. The average Bonchev–Trinajstić information content (AvgIpc) is 3.21. The minimum Gasteiger partial charge on any atom is -0.330 e. The van der Waals surface area contributed by atoms with E-state index in [1.807, 2.05) is 41.5 Å². The molecule has 0 aliphatic heterocycles. The molecule has 0 saturated carbocycles. The molecule has 22 heavy (non-hydrogen) atoms. The molecule has 1 aromatic carbocycles. The van der Waals surface area contributed by atoms with Crippen LogP contribution in [-0.2, 0) is 6.42 Å². The Hall–Kier alpha value is -2.40. The molecule has 0 amide bonds. The summed E-state index contributed by atoms with van der Waals surface area (Å²) in [4.78, 5) is 4.53. The van der Waals surface area contributed by atoms with E-state index in [0.29, 0.717) is 12.5 Å². The van der Waals surface area contributed by atoms with Crippen LogP contribution in [-0.4, -0.2) is 25.9 Å². The first-order valence-electron chi connectivity index (χ1n) is 7.74. The van der Waals surface area contributed by atoms with E-state index in [9.17, 15) is 0 Å². The second kappa shape index (κ2) is 5.42. The van der Waals surface area contributed by atoms with E-state index in [-0.39, 0.29) is 0 Å².